The highest BCUT2D eigenvalue weighted by molar-refractivity contribution is 9.10. The molecule has 0 aliphatic rings. The van der Waals surface area contributed by atoms with E-state index in [0.29, 0.717) is 15.9 Å². The van der Waals surface area contributed by atoms with Crippen LogP contribution < -0.4 is 5.32 Å². The van der Waals surface area contributed by atoms with E-state index in [-0.39, 0.29) is 11.9 Å². The molecule has 0 spiro atoms. The van der Waals surface area contributed by atoms with Crippen molar-refractivity contribution in [1.82, 2.24) is 15.3 Å². The molecule has 3 nitrogen and oxygen atoms in total. The normalized spacial score (nSPS) is 12.4. The Hall–Kier alpha value is -1.33. The molecule has 2 rings (SSSR count). The Morgan fingerprint density at radius 2 is 1.94 bits per heavy atom. The average molecular weight is 296 g/mol. The second-order valence-electron chi connectivity index (χ2n) is 3.47. The summed E-state index contributed by atoms with van der Waals surface area (Å²) in [7, 11) is 1.75. The SMILES string of the molecule is CNC(c1ncccn1)c1cccc(Br)c1F. The van der Waals surface area contributed by atoms with Gasteiger partial charge in [0.2, 0.25) is 0 Å². The maximum atomic E-state index is 14.0. The summed E-state index contributed by atoms with van der Waals surface area (Å²) in [6, 6.07) is 6.55. The standard InChI is InChI=1S/C12H11BrFN3/c1-15-11(12-16-6-3-7-17-12)8-4-2-5-9(13)10(8)14/h2-7,11,15H,1H3. The molecule has 88 valence electrons. The van der Waals surface area contributed by atoms with E-state index in [1.807, 2.05) is 0 Å². The average Bonchev–Trinajstić information content (AvgIpc) is 2.37. The minimum atomic E-state index is -0.353. The number of rotatable bonds is 3. The molecule has 0 aliphatic carbocycles. The van der Waals surface area contributed by atoms with Crippen molar-refractivity contribution < 1.29 is 4.39 Å². The highest BCUT2D eigenvalue weighted by atomic mass is 79.9. The van der Waals surface area contributed by atoms with Gasteiger partial charge in [0.15, 0.2) is 0 Å². The third-order valence-electron chi connectivity index (χ3n) is 2.43. The van der Waals surface area contributed by atoms with Crippen LogP contribution in [0.3, 0.4) is 0 Å². The van der Waals surface area contributed by atoms with Crippen molar-refractivity contribution in [2.75, 3.05) is 7.05 Å². The van der Waals surface area contributed by atoms with Crippen LogP contribution in [-0.2, 0) is 0 Å². The van der Waals surface area contributed by atoms with Crippen LogP contribution in [-0.4, -0.2) is 17.0 Å². The lowest BCUT2D eigenvalue weighted by atomic mass is 10.1. The Morgan fingerprint density at radius 3 is 2.59 bits per heavy atom. The van der Waals surface area contributed by atoms with Gasteiger partial charge >= 0.3 is 0 Å². The van der Waals surface area contributed by atoms with Gasteiger partial charge in [0, 0.05) is 18.0 Å². The van der Waals surface area contributed by atoms with Gasteiger partial charge in [-0.2, -0.15) is 0 Å². The van der Waals surface area contributed by atoms with Crippen LogP contribution in [0.4, 0.5) is 4.39 Å². The lowest BCUT2D eigenvalue weighted by Crippen LogP contribution is -2.21. The van der Waals surface area contributed by atoms with E-state index >= 15 is 0 Å². The first kappa shape index (κ1) is 12.1. The molecule has 0 aliphatic heterocycles. The quantitative estimate of drug-likeness (QED) is 0.946. The second-order valence-corrected chi connectivity index (χ2v) is 4.33. The fourth-order valence-corrected chi connectivity index (χ4v) is 2.01. The Balaban J connectivity index is 2.46. The van der Waals surface area contributed by atoms with Crippen LogP contribution in [0.15, 0.2) is 41.1 Å². The summed E-state index contributed by atoms with van der Waals surface area (Å²) in [6.45, 7) is 0. The number of nitrogens with one attached hydrogen (secondary N) is 1. The van der Waals surface area contributed by atoms with Gasteiger partial charge in [-0.3, -0.25) is 0 Å². The molecular weight excluding hydrogens is 285 g/mol. The summed E-state index contributed by atoms with van der Waals surface area (Å²) in [4.78, 5) is 8.28. The third-order valence-corrected chi connectivity index (χ3v) is 3.04. The number of hydrogen-bond acceptors (Lipinski definition) is 3. The maximum absolute atomic E-state index is 14.0. The Kier molecular flexibility index (Phi) is 3.81. The fourth-order valence-electron chi connectivity index (χ4n) is 1.63. The monoisotopic (exact) mass is 295 g/mol. The summed E-state index contributed by atoms with van der Waals surface area (Å²) in [6.07, 6.45) is 3.28. The van der Waals surface area contributed by atoms with E-state index in [2.05, 4.69) is 31.2 Å². The van der Waals surface area contributed by atoms with Crippen LogP contribution in [0, 0.1) is 5.82 Å². The van der Waals surface area contributed by atoms with Crippen molar-refractivity contribution in [1.29, 1.82) is 0 Å². The number of hydrogen-bond donors (Lipinski definition) is 1. The zero-order valence-corrected chi connectivity index (χ0v) is 10.8. The van der Waals surface area contributed by atoms with Crippen molar-refractivity contribution in [3.05, 3.63) is 58.3 Å². The minimum absolute atomic E-state index is 0.292. The van der Waals surface area contributed by atoms with Crippen LogP contribution in [0.2, 0.25) is 0 Å². The highest BCUT2D eigenvalue weighted by Gasteiger charge is 2.19. The van der Waals surface area contributed by atoms with Crippen molar-refractivity contribution in [2.24, 2.45) is 0 Å². The minimum Gasteiger partial charge on any atom is -0.307 e. The Morgan fingerprint density at radius 1 is 1.24 bits per heavy atom. The van der Waals surface area contributed by atoms with E-state index < -0.39 is 0 Å². The molecule has 2 aromatic rings. The summed E-state index contributed by atoms with van der Waals surface area (Å²) in [5, 5.41) is 3.02. The van der Waals surface area contributed by atoms with Crippen molar-refractivity contribution >= 4 is 15.9 Å². The molecule has 1 N–H and O–H groups in total. The molecule has 1 atom stereocenters. The summed E-state index contributed by atoms with van der Waals surface area (Å²) < 4.78 is 14.4. The van der Waals surface area contributed by atoms with Gasteiger partial charge in [0.1, 0.15) is 11.6 Å². The molecule has 0 radical (unpaired) electrons. The molecule has 1 aromatic carbocycles. The molecule has 0 saturated heterocycles. The van der Waals surface area contributed by atoms with Crippen LogP contribution in [0.25, 0.3) is 0 Å². The largest absolute Gasteiger partial charge is 0.307 e. The zero-order valence-electron chi connectivity index (χ0n) is 9.19. The Labute approximate surface area is 107 Å². The summed E-state index contributed by atoms with van der Waals surface area (Å²) in [5.41, 5.74) is 0.521. The van der Waals surface area contributed by atoms with E-state index in [9.17, 15) is 4.39 Å². The molecule has 0 saturated carbocycles. The second kappa shape index (κ2) is 5.33. The van der Waals surface area contributed by atoms with Gasteiger partial charge in [-0.25, -0.2) is 14.4 Å². The van der Waals surface area contributed by atoms with E-state index in [1.165, 1.54) is 0 Å². The smallest absolute Gasteiger partial charge is 0.149 e. The van der Waals surface area contributed by atoms with Crippen LogP contribution >= 0.6 is 15.9 Å². The van der Waals surface area contributed by atoms with Gasteiger partial charge in [0.25, 0.3) is 0 Å². The summed E-state index contributed by atoms with van der Waals surface area (Å²) >= 11 is 3.17. The first-order valence-corrected chi connectivity index (χ1v) is 5.91. The number of benzene rings is 1. The molecule has 1 heterocycles. The van der Waals surface area contributed by atoms with Gasteiger partial charge in [-0.05, 0) is 35.1 Å². The molecule has 0 bridgehead atoms. The molecule has 1 unspecified atom stereocenters. The van der Waals surface area contributed by atoms with Crippen molar-refractivity contribution in [2.45, 2.75) is 6.04 Å². The number of halogens is 2. The van der Waals surface area contributed by atoms with Crippen LogP contribution in [0.1, 0.15) is 17.4 Å². The predicted octanol–water partition coefficient (Wildman–Crippen LogP) is 2.69. The van der Waals surface area contributed by atoms with Crippen molar-refractivity contribution in [3.63, 3.8) is 0 Å². The lowest BCUT2D eigenvalue weighted by Gasteiger charge is -2.16. The van der Waals surface area contributed by atoms with Gasteiger partial charge in [0.05, 0.1) is 10.5 Å². The number of aromatic nitrogens is 2. The maximum Gasteiger partial charge on any atom is 0.149 e. The van der Waals surface area contributed by atoms with E-state index in [0.717, 1.165) is 0 Å². The van der Waals surface area contributed by atoms with Gasteiger partial charge < -0.3 is 5.32 Å². The van der Waals surface area contributed by atoms with E-state index in [1.54, 1.807) is 43.7 Å². The van der Waals surface area contributed by atoms with Crippen molar-refractivity contribution in [3.8, 4) is 0 Å². The molecule has 1 aromatic heterocycles. The first-order chi connectivity index (χ1) is 8.24. The fraction of sp³-hybridized carbons (Fsp3) is 0.167. The third kappa shape index (κ3) is 2.50. The highest BCUT2D eigenvalue weighted by Crippen LogP contribution is 2.26. The molecule has 17 heavy (non-hydrogen) atoms. The van der Waals surface area contributed by atoms with Crippen LogP contribution in [0.5, 0.6) is 0 Å². The lowest BCUT2D eigenvalue weighted by molar-refractivity contribution is 0.558. The molecule has 0 amide bonds. The summed E-state index contributed by atoms with van der Waals surface area (Å²) in [5.74, 6) is 0.256. The molecule has 0 fully saturated rings. The van der Waals surface area contributed by atoms with Gasteiger partial charge in [-0.1, -0.05) is 12.1 Å². The molecular formula is C12H11BrFN3. The first-order valence-electron chi connectivity index (χ1n) is 5.12. The topological polar surface area (TPSA) is 37.8 Å². The zero-order chi connectivity index (χ0) is 12.3. The molecule has 5 heteroatoms. The Bertz CT molecular complexity index is 504. The van der Waals surface area contributed by atoms with Gasteiger partial charge in [-0.15, -0.1) is 0 Å². The van der Waals surface area contributed by atoms with E-state index in [4.69, 9.17) is 0 Å². The predicted molar refractivity (Wildman–Crippen MR) is 67.0 cm³/mol. The number of nitrogens with zero attached hydrogens (tertiary/aromatic N) is 2.